The second-order valence-corrected chi connectivity index (χ2v) is 2.64. The summed E-state index contributed by atoms with van der Waals surface area (Å²) < 4.78 is 0. The highest BCUT2D eigenvalue weighted by atomic mass is 16.3. The van der Waals surface area contributed by atoms with Crippen molar-refractivity contribution < 1.29 is 9.90 Å². The molecular formula is C9H11NO2. The number of hydrogen-bond acceptors (Lipinski definition) is 3. The average molecular weight is 165 g/mol. The zero-order valence-electron chi connectivity index (χ0n) is 6.82. The smallest absolute Gasteiger partial charge is 0.150 e. The van der Waals surface area contributed by atoms with Gasteiger partial charge in [0.2, 0.25) is 0 Å². The van der Waals surface area contributed by atoms with Gasteiger partial charge >= 0.3 is 0 Å². The number of carbonyl (C=O) groups excluding carboxylic acids is 1. The van der Waals surface area contributed by atoms with Crippen LogP contribution in [0.4, 0.5) is 5.69 Å². The number of aliphatic hydroxyl groups excluding tert-OH is 1. The highest BCUT2D eigenvalue weighted by Gasteiger charge is 2.09. The Morgan fingerprint density at radius 3 is 2.67 bits per heavy atom. The molecule has 0 aliphatic heterocycles. The molecule has 12 heavy (non-hydrogen) atoms. The number of aldehydes is 1. The third kappa shape index (κ3) is 1.46. The van der Waals surface area contributed by atoms with E-state index in [0.717, 1.165) is 0 Å². The molecule has 3 nitrogen and oxygen atoms in total. The van der Waals surface area contributed by atoms with E-state index >= 15 is 0 Å². The molecule has 0 amide bonds. The van der Waals surface area contributed by atoms with E-state index in [1.807, 2.05) is 0 Å². The third-order valence-electron chi connectivity index (χ3n) is 1.72. The first-order valence-corrected chi connectivity index (χ1v) is 3.68. The number of carbonyl (C=O) groups is 1. The van der Waals surface area contributed by atoms with Crippen LogP contribution in [0.3, 0.4) is 0 Å². The third-order valence-corrected chi connectivity index (χ3v) is 1.72. The van der Waals surface area contributed by atoms with Crippen molar-refractivity contribution in [3.8, 4) is 0 Å². The van der Waals surface area contributed by atoms with Gasteiger partial charge in [-0.3, -0.25) is 4.79 Å². The SMILES string of the molecule is CC(O)c1c(N)cccc1C=O. The van der Waals surface area contributed by atoms with E-state index < -0.39 is 6.10 Å². The van der Waals surface area contributed by atoms with Crippen LogP contribution in [-0.4, -0.2) is 11.4 Å². The topological polar surface area (TPSA) is 63.3 Å². The number of nitrogen functional groups attached to an aromatic ring is 1. The molecule has 1 atom stereocenters. The van der Waals surface area contributed by atoms with Crippen molar-refractivity contribution >= 4 is 12.0 Å². The van der Waals surface area contributed by atoms with Crippen LogP contribution in [0.1, 0.15) is 28.9 Å². The van der Waals surface area contributed by atoms with Gasteiger partial charge in [-0.15, -0.1) is 0 Å². The Morgan fingerprint density at radius 2 is 2.25 bits per heavy atom. The van der Waals surface area contributed by atoms with Gasteiger partial charge in [-0.2, -0.15) is 0 Å². The van der Waals surface area contributed by atoms with Crippen LogP contribution in [-0.2, 0) is 0 Å². The van der Waals surface area contributed by atoms with Crippen LogP contribution in [0, 0.1) is 0 Å². The molecule has 0 saturated heterocycles. The van der Waals surface area contributed by atoms with Crippen molar-refractivity contribution in [1.82, 2.24) is 0 Å². The van der Waals surface area contributed by atoms with Crippen LogP contribution in [0.2, 0.25) is 0 Å². The van der Waals surface area contributed by atoms with Crippen LogP contribution in [0.25, 0.3) is 0 Å². The second kappa shape index (κ2) is 3.36. The summed E-state index contributed by atoms with van der Waals surface area (Å²) in [6, 6.07) is 4.98. The van der Waals surface area contributed by atoms with Gasteiger partial charge in [0.15, 0.2) is 6.29 Å². The summed E-state index contributed by atoms with van der Waals surface area (Å²) in [5, 5.41) is 9.28. The highest BCUT2D eigenvalue weighted by molar-refractivity contribution is 5.80. The molecular weight excluding hydrogens is 154 g/mol. The van der Waals surface area contributed by atoms with Gasteiger partial charge in [-0.05, 0) is 13.0 Å². The van der Waals surface area contributed by atoms with Crippen molar-refractivity contribution in [3.63, 3.8) is 0 Å². The normalized spacial score (nSPS) is 12.5. The lowest BCUT2D eigenvalue weighted by atomic mass is 10.0. The molecule has 1 aromatic carbocycles. The van der Waals surface area contributed by atoms with Crippen LogP contribution in [0.5, 0.6) is 0 Å². The van der Waals surface area contributed by atoms with E-state index in [-0.39, 0.29) is 0 Å². The quantitative estimate of drug-likeness (QED) is 0.510. The molecule has 3 N–H and O–H groups in total. The van der Waals surface area contributed by atoms with Gasteiger partial charge in [0.05, 0.1) is 6.10 Å². The largest absolute Gasteiger partial charge is 0.398 e. The lowest BCUT2D eigenvalue weighted by molar-refractivity contribution is 0.111. The van der Waals surface area contributed by atoms with Crippen molar-refractivity contribution in [3.05, 3.63) is 29.3 Å². The fourth-order valence-corrected chi connectivity index (χ4v) is 1.19. The summed E-state index contributed by atoms with van der Waals surface area (Å²) in [5.74, 6) is 0. The summed E-state index contributed by atoms with van der Waals surface area (Å²) in [4.78, 5) is 10.5. The van der Waals surface area contributed by atoms with Crippen LogP contribution >= 0.6 is 0 Å². The van der Waals surface area contributed by atoms with Gasteiger partial charge in [0.25, 0.3) is 0 Å². The standard InChI is InChI=1S/C9H11NO2/c1-6(12)9-7(5-11)3-2-4-8(9)10/h2-6,12H,10H2,1H3. The van der Waals surface area contributed by atoms with Gasteiger partial charge in [-0.25, -0.2) is 0 Å². The lowest BCUT2D eigenvalue weighted by Crippen LogP contribution is -2.02. The highest BCUT2D eigenvalue weighted by Crippen LogP contribution is 2.22. The Balaban J connectivity index is 3.29. The first-order valence-electron chi connectivity index (χ1n) is 3.68. The van der Waals surface area contributed by atoms with E-state index in [1.54, 1.807) is 25.1 Å². The molecule has 0 aromatic heterocycles. The van der Waals surface area contributed by atoms with E-state index in [0.29, 0.717) is 23.1 Å². The Kier molecular flexibility index (Phi) is 2.45. The number of rotatable bonds is 2. The minimum absolute atomic E-state index is 0.449. The van der Waals surface area contributed by atoms with E-state index in [9.17, 15) is 9.90 Å². The molecule has 0 heterocycles. The van der Waals surface area contributed by atoms with Gasteiger partial charge in [0, 0.05) is 16.8 Å². The van der Waals surface area contributed by atoms with Crippen molar-refractivity contribution in [2.24, 2.45) is 0 Å². The molecule has 0 fully saturated rings. The maximum atomic E-state index is 10.5. The second-order valence-electron chi connectivity index (χ2n) is 2.64. The maximum absolute atomic E-state index is 10.5. The van der Waals surface area contributed by atoms with E-state index in [4.69, 9.17) is 5.73 Å². The van der Waals surface area contributed by atoms with Gasteiger partial charge in [-0.1, -0.05) is 12.1 Å². The minimum atomic E-state index is -0.702. The van der Waals surface area contributed by atoms with Crippen molar-refractivity contribution in [1.29, 1.82) is 0 Å². The molecule has 1 rings (SSSR count). The first-order chi connectivity index (χ1) is 5.66. The minimum Gasteiger partial charge on any atom is -0.398 e. The zero-order valence-corrected chi connectivity index (χ0v) is 6.82. The Hall–Kier alpha value is -1.35. The summed E-state index contributed by atoms with van der Waals surface area (Å²) >= 11 is 0. The number of hydrogen-bond donors (Lipinski definition) is 2. The monoisotopic (exact) mass is 165 g/mol. The summed E-state index contributed by atoms with van der Waals surface area (Å²) in [6.45, 7) is 1.58. The molecule has 0 aliphatic rings. The zero-order chi connectivity index (χ0) is 9.14. The van der Waals surface area contributed by atoms with Crippen LogP contribution < -0.4 is 5.73 Å². The van der Waals surface area contributed by atoms with Crippen molar-refractivity contribution in [2.45, 2.75) is 13.0 Å². The molecule has 64 valence electrons. The number of nitrogens with two attached hydrogens (primary N) is 1. The van der Waals surface area contributed by atoms with Gasteiger partial charge < -0.3 is 10.8 Å². The summed E-state index contributed by atoms with van der Waals surface area (Å²) in [7, 11) is 0. The fraction of sp³-hybridized carbons (Fsp3) is 0.222. The Bertz CT molecular complexity index is 295. The molecule has 0 aliphatic carbocycles. The maximum Gasteiger partial charge on any atom is 0.150 e. The molecule has 1 unspecified atom stereocenters. The number of benzene rings is 1. The predicted octanol–water partition coefficient (Wildman–Crippen LogP) is 1.13. The van der Waals surface area contributed by atoms with Crippen molar-refractivity contribution in [2.75, 3.05) is 5.73 Å². The molecule has 3 heteroatoms. The Labute approximate surface area is 70.8 Å². The van der Waals surface area contributed by atoms with E-state index in [2.05, 4.69) is 0 Å². The molecule has 0 bridgehead atoms. The van der Waals surface area contributed by atoms with E-state index in [1.165, 1.54) is 0 Å². The molecule has 0 saturated carbocycles. The average Bonchev–Trinajstić information content (AvgIpc) is 2.03. The number of anilines is 1. The fourth-order valence-electron chi connectivity index (χ4n) is 1.19. The summed E-state index contributed by atoms with van der Waals surface area (Å²) in [6.07, 6.45) is -0.00954. The molecule has 1 aromatic rings. The molecule has 0 spiro atoms. The predicted molar refractivity (Wildman–Crippen MR) is 46.9 cm³/mol. The van der Waals surface area contributed by atoms with Gasteiger partial charge in [0.1, 0.15) is 0 Å². The first kappa shape index (κ1) is 8.74. The summed E-state index contributed by atoms with van der Waals surface area (Å²) in [5.41, 5.74) is 6.99. The Morgan fingerprint density at radius 1 is 1.58 bits per heavy atom. The van der Waals surface area contributed by atoms with Crippen LogP contribution in [0.15, 0.2) is 18.2 Å². The lowest BCUT2D eigenvalue weighted by Gasteiger charge is -2.10. The molecule has 0 radical (unpaired) electrons. The number of aliphatic hydroxyl groups is 1.